The second kappa shape index (κ2) is 7.61. The van der Waals surface area contributed by atoms with Gasteiger partial charge < -0.3 is 15.0 Å². The molecule has 0 radical (unpaired) electrons. The molecule has 1 saturated heterocycles. The summed E-state index contributed by atoms with van der Waals surface area (Å²) in [4.78, 5) is 13.8. The van der Waals surface area contributed by atoms with E-state index in [1.165, 1.54) is 11.3 Å². The van der Waals surface area contributed by atoms with E-state index < -0.39 is 0 Å². The van der Waals surface area contributed by atoms with Gasteiger partial charge >= 0.3 is 0 Å². The maximum Gasteiger partial charge on any atom is 0.224 e. The minimum atomic E-state index is 0.0868. The van der Waals surface area contributed by atoms with E-state index in [9.17, 15) is 4.79 Å². The van der Waals surface area contributed by atoms with Crippen molar-refractivity contribution in [1.82, 2.24) is 10.2 Å². The minimum absolute atomic E-state index is 0.0868. The molecule has 1 fully saturated rings. The van der Waals surface area contributed by atoms with Gasteiger partial charge in [0.2, 0.25) is 5.91 Å². The Balaban J connectivity index is 1.75. The molecule has 1 aromatic heterocycles. The van der Waals surface area contributed by atoms with Crippen molar-refractivity contribution in [1.29, 1.82) is 0 Å². The van der Waals surface area contributed by atoms with Crippen molar-refractivity contribution in [3.05, 3.63) is 20.3 Å². The first-order valence-corrected chi connectivity index (χ1v) is 8.19. The summed E-state index contributed by atoms with van der Waals surface area (Å²) in [5.41, 5.74) is 0.987. The van der Waals surface area contributed by atoms with Crippen LogP contribution in [-0.4, -0.2) is 43.7 Å². The molecule has 2 heterocycles. The Labute approximate surface area is 133 Å². The number of hydrogen-bond acceptors (Lipinski definition) is 4. The fraction of sp³-hybridized carbons (Fsp3) is 0.615. The number of rotatable bonds is 5. The predicted molar refractivity (Wildman–Crippen MR) is 82.8 cm³/mol. The summed E-state index contributed by atoms with van der Waals surface area (Å²) in [6, 6.07) is 1.96. The molecule has 1 aliphatic heterocycles. The molecule has 0 aromatic carbocycles. The topological polar surface area (TPSA) is 41.6 Å². The molecule has 1 amide bonds. The van der Waals surface area contributed by atoms with E-state index in [0.717, 1.165) is 5.56 Å². The lowest BCUT2D eigenvalue weighted by atomic mass is 10.2. The van der Waals surface area contributed by atoms with Crippen molar-refractivity contribution in [2.24, 2.45) is 0 Å². The molecule has 112 valence electrons. The molecule has 20 heavy (non-hydrogen) atoms. The van der Waals surface area contributed by atoms with Crippen LogP contribution in [0.1, 0.15) is 24.9 Å². The zero-order valence-corrected chi connectivity index (χ0v) is 13.7. The number of thiophene rings is 1. The van der Waals surface area contributed by atoms with Crippen LogP contribution in [0.15, 0.2) is 6.07 Å². The number of morpholine rings is 1. The molecule has 2 rings (SSSR count). The summed E-state index contributed by atoms with van der Waals surface area (Å²) in [5.74, 6) is 0.169. The zero-order chi connectivity index (χ0) is 14.5. The molecule has 1 aromatic rings. The maximum absolute atomic E-state index is 12.0. The van der Waals surface area contributed by atoms with Crippen LogP contribution < -0.4 is 5.32 Å². The third-order valence-corrected chi connectivity index (χ3v) is 4.82. The number of amides is 1. The van der Waals surface area contributed by atoms with Crippen LogP contribution in [0.5, 0.6) is 0 Å². The van der Waals surface area contributed by atoms with E-state index >= 15 is 0 Å². The highest BCUT2D eigenvalue weighted by Crippen LogP contribution is 2.34. The Bertz CT molecular complexity index is 461. The Kier molecular flexibility index (Phi) is 6.11. The van der Waals surface area contributed by atoms with Gasteiger partial charge in [0.1, 0.15) is 0 Å². The Morgan fingerprint density at radius 1 is 1.50 bits per heavy atom. The van der Waals surface area contributed by atoms with Crippen LogP contribution in [-0.2, 0) is 9.53 Å². The second-order valence-electron chi connectivity index (χ2n) is 4.70. The van der Waals surface area contributed by atoms with Crippen LogP contribution in [0, 0.1) is 0 Å². The van der Waals surface area contributed by atoms with E-state index in [-0.39, 0.29) is 11.9 Å². The molecule has 1 atom stereocenters. The van der Waals surface area contributed by atoms with Crippen LogP contribution >= 0.6 is 34.5 Å². The first kappa shape index (κ1) is 16.0. The average Bonchev–Trinajstić information content (AvgIpc) is 2.78. The van der Waals surface area contributed by atoms with Crippen molar-refractivity contribution in [3.8, 4) is 0 Å². The van der Waals surface area contributed by atoms with E-state index in [1.54, 1.807) is 0 Å². The standard InChI is InChI=1S/C13H18Cl2N2O2S/c1-9(10-8-11(14)20-13(10)15)16-3-2-12(18)17-4-6-19-7-5-17/h8-9,16H,2-7H2,1H3. The monoisotopic (exact) mass is 336 g/mol. The number of ether oxygens (including phenoxy) is 1. The molecular weight excluding hydrogens is 319 g/mol. The quantitative estimate of drug-likeness (QED) is 0.898. The van der Waals surface area contributed by atoms with Gasteiger partial charge in [-0.05, 0) is 18.6 Å². The highest BCUT2D eigenvalue weighted by Gasteiger charge is 2.17. The van der Waals surface area contributed by atoms with Crippen LogP contribution in [0.4, 0.5) is 0 Å². The molecule has 1 aliphatic rings. The van der Waals surface area contributed by atoms with E-state index in [0.29, 0.717) is 47.9 Å². The fourth-order valence-corrected chi connectivity index (χ4v) is 3.77. The van der Waals surface area contributed by atoms with Gasteiger partial charge in [0.15, 0.2) is 0 Å². The SMILES string of the molecule is CC(NCCC(=O)N1CCOCC1)c1cc(Cl)sc1Cl. The van der Waals surface area contributed by atoms with Crippen molar-refractivity contribution in [3.63, 3.8) is 0 Å². The average molecular weight is 337 g/mol. The maximum atomic E-state index is 12.0. The Hall–Kier alpha value is -0.330. The number of carbonyl (C=O) groups is 1. The van der Waals surface area contributed by atoms with Crippen molar-refractivity contribution < 1.29 is 9.53 Å². The molecule has 0 aliphatic carbocycles. The van der Waals surface area contributed by atoms with Gasteiger partial charge in [0, 0.05) is 32.1 Å². The van der Waals surface area contributed by atoms with E-state index in [2.05, 4.69) is 5.32 Å². The number of hydrogen-bond donors (Lipinski definition) is 1. The van der Waals surface area contributed by atoms with Gasteiger partial charge in [0.25, 0.3) is 0 Å². The third kappa shape index (κ3) is 4.33. The number of halogens is 2. The lowest BCUT2D eigenvalue weighted by Gasteiger charge is -2.27. The van der Waals surface area contributed by atoms with Crippen LogP contribution in [0.2, 0.25) is 8.67 Å². The highest BCUT2D eigenvalue weighted by molar-refractivity contribution is 7.20. The van der Waals surface area contributed by atoms with Gasteiger partial charge in [-0.2, -0.15) is 0 Å². The first-order valence-electron chi connectivity index (χ1n) is 6.61. The smallest absolute Gasteiger partial charge is 0.224 e. The molecule has 0 spiro atoms. The van der Waals surface area contributed by atoms with Crippen molar-refractivity contribution >= 4 is 40.4 Å². The van der Waals surface area contributed by atoms with Crippen molar-refractivity contribution in [2.45, 2.75) is 19.4 Å². The summed E-state index contributed by atoms with van der Waals surface area (Å²) in [6.45, 7) is 5.31. The number of nitrogens with one attached hydrogen (secondary N) is 1. The third-order valence-electron chi connectivity index (χ3n) is 3.30. The predicted octanol–water partition coefficient (Wildman–Crippen LogP) is 2.95. The zero-order valence-electron chi connectivity index (χ0n) is 11.3. The van der Waals surface area contributed by atoms with Crippen LogP contribution in [0.25, 0.3) is 0 Å². The van der Waals surface area contributed by atoms with E-state index in [1.807, 2.05) is 17.9 Å². The lowest BCUT2D eigenvalue weighted by molar-refractivity contribution is -0.135. The van der Waals surface area contributed by atoms with Gasteiger partial charge in [-0.25, -0.2) is 0 Å². The van der Waals surface area contributed by atoms with Gasteiger partial charge in [0.05, 0.1) is 21.9 Å². The van der Waals surface area contributed by atoms with Crippen molar-refractivity contribution in [2.75, 3.05) is 32.8 Å². The fourth-order valence-electron chi connectivity index (χ4n) is 2.12. The molecule has 0 saturated carbocycles. The summed E-state index contributed by atoms with van der Waals surface area (Å²) in [7, 11) is 0. The van der Waals surface area contributed by atoms with Crippen LogP contribution in [0.3, 0.4) is 0 Å². The number of carbonyl (C=O) groups excluding carboxylic acids is 1. The summed E-state index contributed by atoms with van der Waals surface area (Å²) < 4.78 is 6.62. The van der Waals surface area contributed by atoms with Gasteiger partial charge in [-0.15, -0.1) is 11.3 Å². The summed E-state index contributed by atoms with van der Waals surface area (Å²) >= 11 is 13.4. The summed E-state index contributed by atoms with van der Waals surface area (Å²) in [5, 5.41) is 3.31. The van der Waals surface area contributed by atoms with Gasteiger partial charge in [-0.1, -0.05) is 23.2 Å². The Morgan fingerprint density at radius 3 is 2.80 bits per heavy atom. The van der Waals surface area contributed by atoms with Gasteiger partial charge in [-0.3, -0.25) is 4.79 Å². The normalized spacial score (nSPS) is 17.2. The molecule has 1 unspecified atom stereocenters. The molecule has 1 N–H and O–H groups in total. The number of nitrogens with zero attached hydrogens (tertiary/aromatic N) is 1. The molecule has 4 nitrogen and oxygen atoms in total. The lowest BCUT2D eigenvalue weighted by Crippen LogP contribution is -2.41. The largest absolute Gasteiger partial charge is 0.378 e. The first-order chi connectivity index (χ1) is 9.58. The molecule has 0 bridgehead atoms. The minimum Gasteiger partial charge on any atom is -0.378 e. The highest BCUT2D eigenvalue weighted by atomic mass is 35.5. The summed E-state index contributed by atoms with van der Waals surface area (Å²) in [6.07, 6.45) is 0.486. The Morgan fingerprint density at radius 2 is 2.20 bits per heavy atom. The van der Waals surface area contributed by atoms with E-state index in [4.69, 9.17) is 27.9 Å². The molecule has 7 heteroatoms. The molecular formula is C13H18Cl2N2O2S. The second-order valence-corrected chi connectivity index (χ2v) is 6.98.